The number of pyridine rings is 1. The van der Waals surface area contributed by atoms with Crippen molar-refractivity contribution in [2.24, 2.45) is 0 Å². The van der Waals surface area contributed by atoms with Crippen molar-refractivity contribution in [1.29, 1.82) is 0 Å². The maximum Gasteiger partial charge on any atom is 0.335 e. The predicted molar refractivity (Wildman–Crippen MR) is 153 cm³/mol. The lowest BCUT2D eigenvalue weighted by Crippen LogP contribution is -2.29. The smallest absolute Gasteiger partial charge is 0.335 e. The average Bonchev–Trinajstić information content (AvgIpc) is 3.70. The first-order valence-corrected chi connectivity index (χ1v) is 13.7. The zero-order valence-corrected chi connectivity index (χ0v) is 22.5. The minimum Gasteiger partial charge on any atom is -0.490 e. The fraction of sp³-hybridized carbons (Fsp3) is 0.233. The van der Waals surface area contributed by atoms with Crippen molar-refractivity contribution in [2.75, 3.05) is 4.90 Å². The van der Waals surface area contributed by atoms with Crippen LogP contribution in [0.3, 0.4) is 0 Å². The van der Waals surface area contributed by atoms with Crippen LogP contribution in [0, 0.1) is 0 Å². The van der Waals surface area contributed by atoms with Gasteiger partial charge in [-0.3, -0.25) is 4.98 Å². The number of nitrogens with one attached hydrogen (secondary N) is 1. The molecule has 39 heavy (non-hydrogen) atoms. The lowest BCUT2D eigenvalue weighted by atomic mass is 10.0. The van der Waals surface area contributed by atoms with Gasteiger partial charge in [0.2, 0.25) is 0 Å². The predicted octanol–water partition coefficient (Wildman–Crippen LogP) is 7.19. The summed E-state index contributed by atoms with van der Waals surface area (Å²) in [6, 6.07) is 21.3. The van der Waals surface area contributed by atoms with E-state index in [0.29, 0.717) is 27.2 Å². The number of halogens is 1. The Hall–Kier alpha value is -3.88. The highest BCUT2D eigenvalue weighted by Crippen LogP contribution is 2.44. The van der Waals surface area contributed by atoms with Crippen molar-refractivity contribution in [3.63, 3.8) is 0 Å². The summed E-state index contributed by atoms with van der Waals surface area (Å²) in [5.41, 5.74) is 2.34. The van der Waals surface area contributed by atoms with Gasteiger partial charge in [-0.25, -0.2) is 4.79 Å². The van der Waals surface area contributed by atoms with Crippen molar-refractivity contribution >= 4 is 40.6 Å². The topological polar surface area (TPSA) is 87.8 Å². The van der Waals surface area contributed by atoms with Gasteiger partial charge in [0.1, 0.15) is 23.3 Å². The zero-order chi connectivity index (χ0) is 26.9. The minimum absolute atomic E-state index is 0.129. The van der Waals surface area contributed by atoms with Crippen LogP contribution < -0.4 is 15.0 Å². The molecule has 1 aliphatic carbocycles. The monoisotopic (exact) mass is 559 g/mol. The molecule has 0 bridgehead atoms. The Labute approximate surface area is 236 Å². The van der Waals surface area contributed by atoms with Gasteiger partial charge >= 0.3 is 5.97 Å². The van der Waals surface area contributed by atoms with E-state index in [0.717, 1.165) is 30.0 Å². The van der Waals surface area contributed by atoms with Crippen LogP contribution >= 0.6 is 23.8 Å². The number of furan rings is 1. The van der Waals surface area contributed by atoms with E-state index in [9.17, 15) is 9.90 Å². The second-order valence-corrected chi connectivity index (χ2v) is 10.5. The molecule has 1 saturated heterocycles. The van der Waals surface area contributed by atoms with Gasteiger partial charge in [0.15, 0.2) is 5.11 Å². The molecule has 2 aromatic carbocycles. The summed E-state index contributed by atoms with van der Waals surface area (Å²) in [6.07, 6.45) is 6.64. The van der Waals surface area contributed by atoms with E-state index >= 15 is 0 Å². The van der Waals surface area contributed by atoms with Gasteiger partial charge in [0, 0.05) is 17.4 Å². The van der Waals surface area contributed by atoms with Gasteiger partial charge in [0.25, 0.3) is 0 Å². The standard InChI is InChI=1S/C30H26ClN3O4S/c31-23-13-8-18(29(35)36)17-22(23)25-14-15-26(38-25)28-27(24-7-3-4-16-32-24)33-30(39)34(28)19-9-11-21(12-10-19)37-20-5-1-2-6-20/h3-4,7-17,20,27-28H,1-2,5-6H2,(H,33,39)(H,35,36)/t27-,28-/m1/s1. The first-order chi connectivity index (χ1) is 19.0. The molecular formula is C30H26ClN3O4S. The molecule has 0 spiro atoms. The highest BCUT2D eigenvalue weighted by molar-refractivity contribution is 7.80. The van der Waals surface area contributed by atoms with Gasteiger partial charge in [-0.05, 0) is 105 Å². The van der Waals surface area contributed by atoms with E-state index in [-0.39, 0.29) is 23.8 Å². The van der Waals surface area contributed by atoms with E-state index < -0.39 is 5.97 Å². The van der Waals surface area contributed by atoms with Crippen LogP contribution in [0.25, 0.3) is 11.3 Å². The molecule has 198 valence electrons. The second kappa shape index (κ2) is 10.7. The van der Waals surface area contributed by atoms with Gasteiger partial charge < -0.3 is 24.5 Å². The number of aromatic carboxylic acids is 1. The zero-order valence-electron chi connectivity index (χ0n) is 20.9. The van der Waals surface area contributed by atoms with E-state index in [2.05, 4.69) is 10.3 Å². The molecule has 6 rings (SSSR count). The molecule has 9 heteroatoms. The quantitative estimate of drug-likeness (QED) is 0.230. The molecule has 4 aromatic rings. The lowest BCUT2D eigenvalue weighted by Gasteiger charge is -2.26. The fourth-order valence-corrected chi connectivity index (χ4v) is 5.87. The van der Waals surface area contributed by atoms with Crippen LogP contribution in [0.2, 0.25) is 5.02 Å². The van der Waals surface area contributed by atoms with Crippen LogP contribution in [0.5, 0.6) is 5.75 Å². The molecule has 2 aromatic heterocycles. The maximum atomic E-state index is 11.5. The minimum atomic E-state index is -1.04. The van der Waals surface area contributed by atoms with Crippen LogP contribution in [0.4, 0.5) is 5.69 Å². The number of benzene rings is 2. The number of hydrogen-bond donors (Lipinski definition) is 2. The summed E-state index contributed by atoms with van der Waals surface area (Å²) in [4.78, 5) is 18.2. The SMILES string of the molecule is O=C(O)c1ccc(Cl)c(-c2ccc([C@@H]3[C@@H](c4ccccn4)NC(=S)N3c3ccc(OC4CCCC4)cc3)o2)c1. The van der Waals surface area contributed by atoms with Crippen molar-refractivity contribution in [1.82, 2.24) is 10.3 Å². The average molecular weight is 560 g/mol. The number of carboxylic acids is 1. The van der Waals surface area contributed by atoms with E-state index in [4.69, 9.17) is 33.0 Å². The number of anilines is 1. The number of aromatic nitrogens is 1. The summed E-state index contributed by atoms with van der Waals surface area (Å²) < 4.78 is 12.5. The number of nitrogens with zero attached hydrogens (tertiary/aromatic N) is 2. The van der Waals surface area contributed by atoms with Gasteiger partial charge in [-0.1, -0.05) is 17.7 Å². The Bertz CT molecular complexity index is 1500. The van der Waals surface area contributed by atoms with Crippen molar-refractivity contribution in [3.05, 3.63) is 101 Å². The molecular weight excluding hydrogens is 534 g/mol. The molecule has 0 amide bonds. The summed E-state index contributed by atoms with van der Waals surface area (Å²) in [7, 11) is 0. The summed E-state index contributed by atoms with van der Waals surface area (Å²) in [6.45, 7) is 0. The molecule has 0 radical (unpaired) electrons. The fourth-order valence-electron chi connectivity index (χ4n) is 5.31. The van der Waals surface area contributed by atoms with Gasteiger partial charge in [-0.15, -0.1) is 0 Å². The highest BCUT2D eigenvalue weighted by Gasteiger charge is 2.42. The van der Waals surface area contributed by atoms with Crippen LogP contribution in [0.1, 0.15) is 59.6 Å². The number of carboxylic acid groups (broad SMARTS) is 1. The van der Waals surface area contributed by atoms with Crippen molar-refractivity contribution in [2.45, 2.75) is 43.9 Å². The third-order valence-electron chi connectivity index (χ3n) is 7.21. The van der Waals surface area contributed by atoms with Gasteiger partial charge in [-0.2, -0.15) is 0 Å². The molecule has 0 unspecified atom stereocenters. The molecule has 2 fully saturated rings. The van der Waals surface area contributed by atoms with Crippen LogP contribution in [0.15, 0.2) is 83.4 Å². The summed E-state index contributed by atoms with van der Waals surface area (Å²) in [5.74, 6) is 0.911. The molecule has 7 nitrogen and oxygen atoms in total. The third-order valence-corrected chi connectivity index (χ3v) is 7.86. The Morgan fingerprint density at radius 2 is 1.87 bits per heavy atom. The highest BCUT2D eigenvalue weighted by atomic mass is 35.5. The Balaban J connectivity index is 1.37. The number of hydrogen-bond acceptors (Lipinski definition) is 5. The van der Waals surface area contributed by atoms with Crippen LogP contribution in [-0.2, 0) is 0 Å². The Morgan fingerprint density at radius 1 is 1.08 bits per heavy atom. The first kappa shape index (κ1) is 25.4. The number of carbonyl (C=O) groups is 1. The Morgan fingerprint density at radius 3 is 2.59 bits per heavy atom. The first-order valence-electron chi connectivity index (χ1n) is 12.9. The van der Waals surface area contributed by atoms with Crippen LogP contribution in [-0.4, -0.2) is 27.3 Å². The number of thiocarbonyl (C=S) groups is 1. The molecule has 1 aliphatic heterocycles. The largest absolute Gasteiger partial charge is 0.490 e. The molecule has 2 atom stereocenters. The van der Waals surface area contributed by atoms with Gasteiger partial charge in [0.05, 0.1) is 28.4 Å². The molecule has 3 heterocycles. The lowest BCUT2D eigenvalue weighted by molar-refractivity contribution is 0.0697. The van der Waals surface area contributed by atoms with Crippen molar-refractivity contribution in [3.8, 4) is 17.1 Å². The second-order valence-electron chi connectivity index (χ2n) is 9.72. The summed E-state index contributed by atoms with van der Waals surface area (Å²) in [5, 5.41) is 13.8. The Kier molecular flexibility index (Phi) is 6.97. The third kappa shape index (κ3) is 5.10. The normalized spacial score (nSPS) is 19.3. The summed E-state index contributed by atoms with van der Waals surface area (Å²) >= 11 is 12.3. The molecule has 1 saturated carbocycles. The van der Waals surface area contributed by atoms with E-state index in [1.807, 2.05) is 53.4 Å². The van der Waals surface area contributed by atoms with E-state index in [1.54, 1.807) is 18.3 Å². The molecule has 2 aliphatic rings. The number of rotatable bonds is 7. The number of ether oxygens (including phenoxy) is 1. The van der Waals surface area contributed by atoms with Crippen molar-refractivity contribution < 1.29 is 19.1 Å². The van der Waals surface area contributed by atoms with E-state index in [1.165, 1.54) is 25.0 Å². The molecule has 2 N–H and O–H groups in total. The maximum absolute atomic E-state index is 11.5.